The number of piperazine rings is 1. The molecular weight excluding hydrogens is 452 g/mol. The SMILES string of the molecule is CCOc1c(/C(C)=C/C(=O)N2CCN(c3cccc(OC)c3)CC2)cc2c3c(oc2c1C)CCCC3. The molecule has 2 aliphatic rings. The van der Waals surface area contributed by atoms with E-state index in [1.807, 2.05) is 36.9 Å². The van der Waals surface area contributed by atoms with Gasteiger partial charge in [-0.05, 0) is 63.8 Å². The van der Waals surface area contributed by atoms with Crippen molar-refractivity contribution in [3.63, 3.8) is 0 Å². The molecule has 2 aromatic carbocycles. The molecule has 1 saturated heterocycles. The Morgan fingerprint density at radius 3 is 2.64 bits per heavy atom. The number of anilines is 1. The molecule has 1 aromatic heterocycles. The monoisotopic (exact) mass is 488 g/mol. The van der Waals surface area contributed by atoms with E-state index in [0.717, 1.165) is 71.2 Å². The maximum Gasteiger partial charge on any atom is 0.246 e. The topological polar surface area (TPSA) is 55.2 Å². The van der Waals surface area contributed by atoms with E-state index < -0.39 is 0 Å². The highest BCUT2D eigenvalue weighted by Gasteiger charge is 2.24. The molecule has 1 aliphatic heterocycles. The Hall–Kier alpha value is -3.41. The summed E-state index contributed by atoms with van der Waals surface area (Å²) < 4.78 is 17.8. The second-order valence-corrected chi connectivity index (χ2v) is 9.74. The van der Waals surface area contributed by atoms with Crippen molar-refractivity contribution in [1.82, 2.24) is 4.90 Å². The Morgan fingerprint density at radius 2 is 1.89 bits per heavy atom. The summed E-state index contributed by atoms with van der Waals surface area (Å²) >= 11 is 0. The van der Waals surface area contributed by atoms with Gasteiger partial charge in [-0.1, -0.05) is 6.07 Å². The number of hydrogen-bond acceptors (Lipinski definition) is 5. The van der Waals surface area contributed by atoms with Gasteiger partial charge in [0.25, 0.3) is 0 Å². The largest absolute Gasteiger partial charge is 0.497 e. The lowest BCUT2D eigenvalue weighted by Gasteiger charge is -2.35. The predicted molar refractivity (Wildman–Crippen MR) is 144 cm³/mol. The Balaban J connectivity index is 1.38. The van der Waals surface area contributed by atoms with E-state index in [1.165, 1.54) is 23.8 Å². The molecule has 0 N–H and O–H groups in total. The second-order valence-electron chi connectivity index (χ2n) is 9.74. The predicted octanol–water partition coefficient (Wildman–Crippen LogP) is 5.78. The highest BCUT2D eigenvalue weighted by atomic mass is 16.5. The second kappa shape index (κ2) is 10.3. The first-order valence-corrected chi connectivity index (χ1v) is 13.1. The van der Waals surface area contributed by atoms with Crippen LogP contribution in [0.15, 0.2) is 40.8 Å². The highest BCUT2D eigenvalue weighted by molar-refractivity contribution is 5.98. The summed E-state index contributed by atoms with van der Waals surface area (Å²) in [6.45, 7) is 9.60. The molecule has 0 spiro atoms. The van der Waals surface area contributed by atoms with Crippen LogP contribution in [0.1, 0.15) is 49.1 Å². The van der Waals surface area contributed by atoms with Gasteiger partial charge in [0.2, 0.25) is 5.91 Å². The summed E-state index contributed by atoms with van der Waals surface area (Å²) in [4.78, 5) is 17.5. The fourth-order valence-corrected chi connectivity index (χ4v) is 5.51. The molecule has 1 aliphatic carbocycles. The molecule has 0 bridgehead atoms. The van der Waals surface area contributed by atoms with Crippen molar-refractivity contribution in [2.24, 2.45) is 0 Å². The van der Waals surface area contributed by atoms with Gasteiger partial charge in [-0.3, -0.25) is 4.79 Å². The zero-order valence-corrected chi connectivity index (χ0v) is 21.9. The number of carbonyl (C=O) groups is 1. The Kier molecular flexibility index (Phi) is 6.95. The van der Waals surface area contributed by atoms with Crippen LogP contribution < -0.4 is 14.4 Å². The van der Waals surface area contributed by atoms with Gasteiger partial charge in [0, 0.05) is 72.5 Å². The van der Waals surface area contributed by atoms with Gasteiger partial charge in [-0.25, -0.2) is 0 Å². The third-order valence-electron chi connectivity index (χ3n) is 7.49. The average Bonchev–Trinajstić information content (AvgIpc) is 3.29. The Morgan fingerprint density at radius 1 is 1.11 bits per heavy atom. The van der Waals surface area contributed by atoms with Crippen LogP contribution in [0.25, 0.3) is 16.5 Å². The maximum absolute atomic E-state index is 13.3. The fraction of sp³-hybridized carbons (Fsp3) is 0.433. The number of methoxy groups -OCH3 is 1. The van der Waals surface area contributed by atoms with E-state index >= 15 is 0 Å². The quantitative estimate of drug-likeness (QED) is 0.412. The van der Waals surface area contributed by atoms with E-state index in [-0.39, 0.29) is 5.91 Å². The number of rotatable bonds is 6. The normalized spacial score (nSPS) is 16.3. The van der Waals surface area contributed by atoms with Crippen molar-refractivity contribution in [1.29, 1.82) is 0 Å². The van der Waals surface area contributed by atoms with E-state index in [1.54, 1.807) is 13.2 Å². The van der Waals surface area contributed by atoms with E-state index in [9.17, 15) is 4.79 Å². The van der Waals surface area contributed by atoms with Gasteiger partial charge >= 0.3 is 0 Å². The van der Waals surface area contributed by atoms with Gasteiger partial charge in [0.1, 0.15) is 22.8 Å². The van der Waals surface area contributed by atoms with Crippen LogP contribution in [0.2, 0.25) is 0 Å². The van der Waals surface area contributed by atoms with Crippen LogP contribution in [0, 0.1) is 6.92 Å². The summed E-state index contributed by atoms with van der Waals surface area (Å²) in [6.07, 6.45) is 6.19. The summed E-state index contributed by atoms with van der Waals surface area (Å²) in [5.74, 6) is 2.83. The van der Waals surface area contributed by atoms with Crippen molar-refractivity contribution in [2.75, 3.05) is 44.8 Å². The smallest absolute Gasteiger partial charge is 0.246 e. The van der Waals surface area contributed by atoms with Crippen molar-refractivity contribution < 1.29 is 18.7 Å². The summed E-state index contributed by atoms with van der Waals surface area (Å²) in [5.41, 5.74) is 6.32. The molecule has 1 amide bonds. The van der Waals surface area contributed by atoms with Crippen LogP contribution in [0.5, 0.6) is 11.5 Å². The van der Waals surface area contributed by atoms with Crippen molar-refractivity contribution >= 4 is 28.1 Å². The van der Waals surface area contributed by atoms with Gasteiger partial charge in [0.15, 0.2) is 0 Å². The Labute approximate surface area is 213 Å². The molecule has 6 heteroatoms. The van der Waals surface area contributed by atoms with Crippen molar-refractivity contribution in [2.45, 2.75) is 46.5 Å². The van der Waals surface area contributed by atoms with Crippen LogP contribution >= 0.6 is 0 Å². The molecule has 5 rings (SSSR count). The maximum atomic E-state index is 13.3. The molecule has 0 saturated carbocycles. The van der Waals surface area contributed by atoms with E-state index in [0.29, 0.717) is 19.7 Å². The number of nitrogens with zero attached hydrogens (tertiary/aromatic N) is 2. The molecule has 0 radical (unpaired) electrons. The molecule has 6 nitrogen and oxygen atoms in total. The molecule has 36 heavy (non-hydrogen) atoms. The minimum Gasteiger partial charge on any atom is -0.497 e. The molecule has 2 heterocycles. The third-order valence-corrected chi connectivity index (χ3v) is 7.49. The zero-order valence-electron chi connectivity index (χ0n) is 21.9. The molecule has 0 atom stereocenters. The van der Waals surface area contributed by atoms with E-state index in [4.69, 9.17) is 13.9 Å². The first-order chi connectivity index (χ1) is 17.5. The van der Waals surface area contributed by atoms with Crippen LogP contribution in [-0.2, 0) is 17.6 Å². The third kappa shape index (κ3) is 4.57. The zero-order chi connectivity index (χ0) is 25.2. The highest BCUT2D eigenvalue weighted by Crippen LogP contribution is 2.41. The first-order valence-electron chi connectivity index (χ1n) is 13.1. The van der Waals surface area contributed by atoms with Gasteiger partial charge in [0.05, 0.1) is 13.7 Å². The lowest BCUT2D eigenvalue weighted by molar-refractivity contribution is -0.126. The van der Waals surface area contributed by atoms with Gasteiger partial charge < -0.3 is 23.7 Å². The van der Waals surface area contributed by atoms with Crippen LogP contribution in [0.4, 0.5) is 5.69 Å². The fourth-order valence-electron chi connectivity index (χ4n) is 5.51. The van der Waals surface area contributed by atoms with Crippen molar-refractivity contribution in [3.05, 3.63) is 58.9 Å². The summed E-state index contributed by atoms with van der Waals surface area (Å²) in [5, 5.41) is 1.17. The number of benzene rings is 2. The van der Waals surface area contributed by atoms with Crippen LogP contribution in [-0.4, -0.2) is 50.7 Å². The molecule has 190 valence electrons. The number of carbonyl (C=O) groups excluding carboxylic acids is 1. The minimum absolute atomic E-state index is 0.0483. The lowest BCUT2D eigenvalue weighted by Crippen LogP contribution is -2.48. The standard InChI is InChI=1S/C30H36N2O4/c1-5-35-29-21(3)30-26(24-11-6-7-12-27(24)36-30)19-25(29)20(2)17-28(33)32-15-13-31(14-16-32)22-9-8-10-23(18-22)34-4/h8-10,17-19H,5-7,11-16H2,1-4H3/b20-17+. The van der Waals surface area contributed by atoms with Gasteiger partial charge in [-0.2, -0.15) is 0 Å². The summed E-state index contributed by atoms with van der Waals surface area (Å²) in [6, 6.07) is 10.3. The molecule has 0 unspecified atom stereocenters. The number of hydrogen-bond donors (Lipinski definition) is 0. The lowest BCUT2D eigenvalue weighted by atomic mass is 9.93. The average molecular weight is 489 g/mol. The number of allylic oxidation sites excluding steroid dienone is 1. The molecule has 3 aromatic rings. The van der Waals surface area contributed by atoms with E-state index in [2.05, 4.69) is 24.0 Å². The minimum atomic E-state index is 0.0483. The summed E-state index contributed by atoms with van der Waals surface area (Å²) in [7, 11) is 1.68. The Bertz CT molecular complexity index is 1300. The number of ether oxygens (including phenoxy) is 2. The molecular formula is C30H36N2O4. The number of furan rings is 1. The first kappa shape index (κ1) is 24.3. The number of amides is 1. The van der Waals surface area contributed by atoms with Crippen molar-refractivity contribution in [3.8, 4) is 11.5 Å². The van der Waals surface area contributed by atoms with Crippen LogP contribution in [0.3, 0.4) is 0 Å². The van der Waals surface area contributed by atoms with Gasteiger partial charge in [-0.15, -0.1) is 0 Å². The number of fused-ring (bicyclic) bond motifs is 3. The number of aryl methyl sites for hydroxylation is 3. The molecule has 1 fully saturated rings.